The average molecular weight is 762 g/mol. The lowest BCUT2D eigenvalue weighted by atomic mass is 9.95. The fraction of sp³-hybridized carbons (Fsp3) is 0.976. The summed E-state index contributed by atoms with van der Waals surface area (Å²) in [5.74, 6) is 3.75. The number of aliphatic hydroxyl groups excluding tert-OH is 5. The number of ether oxygens (including phenoxy) is 2. The molecule has 0 bridgehead atoms. The Balaban J connectivity index is 1.65. The summed E-state index contributed by atoms with van der Waals surface area (Å²) in [5, 5.41) is 54.3. The van der Waals surface area contributed by atoms with Crippen molar-refractivity contribution in [2.24, 2.45) is 5.92 Å². The molecular weight excluding hydrogens is 679 g/mol. The number of hydrogen-bond donors (Lipinski definition) is 6. The summed E-state index contributed by atoms with van der Waals surface area (Å²) in [5.41, 5.74) is 0. The first-order valence-corrected chi connectivity index (χ1v) is 24.4. The van der Waals surface area contributed by atoms with Crippen molar-refractivity contribution in [2.75, 3.05) is 37.2 Å². The number of amides is 1. The lowest BCUT2D eigenvalue weighted by molar-refractivity contribution is -0.302. The number of carbonyl (C=O) groups is 1. The van der Waals surface area contributed by atoms with E-state index in [1.165, 1.54) is 127 Å². The number of carbonyl (C=O) groups excluding carboxylic acids is 1. The largest absolute Gasteiger partial charge is 0.394 e. The molecule has 2 heterocycles. The minimum atomic E-state index is -1.55. The molecule has 2 aliphatic rings. The summed E-state index contributed by atoms with van der Waals surface area (Å²) in [7, 11) is -0.284. The highest BCUT2D eigenvalue weighted by Gasteiger charge is 2.44. The summed E-state index contributed by atoms with van der Waals surface area (Å²) in [6, 6.07) is -0.710. The molecule has 310 valence electrons. The smallest absolute Gasteiger partial charge is 0.220 e. The van der Waals surface area contributed by atoms with Gasteiger partial charge in [-0.1, -0.05) is 142 Å². The molecule has 0 aromatic rings. The number of rotatable bonds is 31. The van der Waals surface area contributed by atoms with Gasteiger partial charge in [0.25, 0.3) is 0 Å². The number of nitrogens with one attached hydrogen (secondary N) is 1. The molecular formula is C42H83NO8S. The van der Waals surface area contributed by atoms with Gasteiger partial charge in [-0.25, -0.2) is 10.0 Å². The van der Waals surface area contributed by atoms with E-state index in [1.54, 1.807) is 0 Å². The second-order valence-corrected chi connectivity index (χ2v) is 21.1. The summed E-state index contributed by atoms with van der Waals surface area (Å²) < 4.78 is 11.3. The van der Waals surface area contributed by atoms with E-state index in [0.717, 1.165) is 44.4 Å². The lowest BCUT2D eigenvalue weighted by Crippen LogP contribution is -2.60. The highest BCUT2D eigenvalue weighted by atomic mass is 32.3. The first-order valence-electron chi connectivity index (χ1n) is 21.7. The third kappa shape index (κ3) is 21.0. The van der Waals surface area contributed by atoms with Crippen LogP contribution in [0.1, 0.15) is 174 Å². The van der Waals surface area contributed by atoms with Crippen LogP contribution in [0, 0.1) is 5.92 Å². The lowest BCUT2D eigenvalue weighted by Gasteiger charge is -2.40. The van der Waals surface area contributed by atoms with Gasteiger partial charge in [0.1, 0.15) is 24.4 Å². The van der Waals surface area contributed by atoms with E-state index in [1.807, 2.05) is 0 Å². The molecule has 0 aliphatic carbocycles. The monoisotopic (exact) mass is 762 g/mol. The predicted octanol–water partition coefficient (Wildman–Crippen LogP) is 7.51. The maximum atomic E-state index is 13.0. The Morgan fingerprint density at radius 1 is 0.731 bits per heavy atom. The Morgan fingerprint density at radius 3 is 1.77 bits per heavy atom. The van der Waals surface area contributed by atoms with Gasteiger partial charge in [-0.3, -0.25) is 4.79 Å². The van der Waals surface area contributed by atoms with E-state index in [2.05, 4.69) is 24.8 Å². The van der Waals surface area contributed by atoms with Crippen molar-refractivity contribution in [3.8, 4) is 0 Å². The Labute approximate surface area is 320 Å². The second kappa shape index (κ2) is 28.9. The Bertz CT molecular complexity index is 869. The molecule has 7 atom stereocenters. The molecule has 6 N–H and O–H groups in total. The number of aliphatic hydroxyl groups is 5. The van der Waals surface area contributed by atoms with E-state index in [4.69, 9.17) is 9.47 Å². The standard InChI is InChI=1S/C42H83NO8S/c1-4-5-6-7-8-9-10-11-12-13-17-20-23-26-36(45)35(33-50-42-41(49)40(48)39(47)37(32-44)51-42)43-38(46)27-24-21-18-15-14-16-19-22-25-34-28-30-52(2,3)31-29-34/h34-37,39-42,44-45,47-49H,4-33H2,1-3H3,(H,43,46)/t35-,36+,37?,39?,40?,41?,42?/m0/s1. The highest BCUT2D eigenvalue weighted by molar-refractivity contribution is 8.32. The van der Waals surface area contributed by atoms with E-state index < -0.39 is 49.5 Å². The second-order valence-electron chi connectivity index (χ2n) is 16.8. The van der Waals surface area contributed by atoms with E-state index >= 15 is 0 Å². The van der Waals surface area contributed by atoms with E-state index in [9.17, 15) is 30.3 Å². The normalized spacial score (nSPS) is 25.5. The first-order chi connectivity index (χ1) is 25.1. The fourth-order valence-electron chi connectivity index (χ4n) is 7.79. The number of hydrogen-bond acceptors (Lipinski definition) is 8. The maximum absolute atomic E-state index is 13.0. The molecule has 0 aromatic heterocycles. The molecule has 2 saturated heterocycles. The zero-order chi connectivity index (χ0) is 38.0. The Hall–Kier alpha value is -0.460. The molecule has 52 heavy (non-hydrogen) atoms. The van der Waals surface area contributed by atoms with Crippen LogP contribution >= 0.6 is 10.0 Å². The van der Waals surface area contributed by atoms with E-state index in [0.29, 0.717) is 12.8 Å². The SMILES string of the molecule is CCCCCCCCCCCCCCC[C@@H](O)[C@H](COC1OC(CO)C(O)C(O)C1O)NC(=O)CCCCCCCCCCC1CCS(C)(C)CC1. The minimum Gasteiger partial charge on any atom is -0.394 e. The molecule has 0 saturated carbocycles. The molecule has 10 heteroatoms. The molecule has 5 unspecified atom stereocenters. The van der Waals surface area contributed by atoms with Crippen molar-refractivity contribution in [1.82, 2.24) is 5.32 Å². The summed E-state index contributed by atoms with van der Waals surface area (Å²) in [4.78, 5) is 13.0. The quantitative estimate of drug-likeness (QED) is 0.0398. The van der Waals surface area contributed by atoms with Crippen LogP contribution in [-0.2, 0) is 14.3 Å². The molecule has 2 rings (SSSR count). The molecule has 9 nitrogen and oxygen atoms in total. The Kier molecular flexibility index (Phi) is 26.5. The van der Waals surface area contributed by atoms with Crippen molar-refractivity contribution in [2.45, 2.75) is 217 Å². The summed E-state index contributed by atoms with van der Waals surface area (Å²) in [6.07, 6.45) is 27.9. The van der Waals surface area contributed by atoms with Crippen molar-refractivity contribution >= 4 is 15.9 Å². The van der Waals surface area contributed by atoms with Gasteiger partial charge in [-0.15, -0.1) is 0 Å². The zero-order valence-corrected chi connectivity index (χ0v) is 34.5. The molecule has 0 radical (unpaired) electrons. The maximum Gasteiger partial charge on any atom is 0.220 e. The minimum absolute atomic E-state index is 0.131. The van der Waals surface area contributed by atoms with Crippen LogP contribution in [0.25, 0.3) is 0 Å². The first kappa shape index (κ1) is 47.7. The van der Waals surface area contributed by atoms with Crippen molar-refractivity contribution in [1.29, 1.82) is 0 Å². The van der Waals surface area contributed by atoms with Crippen LogP contribution in [0.4, 0.5) is 0 Å². The average Bonchev–Trinajstić information content (AvgIpc) is 3.12. The van der Waals surface area contributed by atoms with Gasteiger partial charge in [-0.05, 0) is 55.6 Å². The number of unbranched alkanes of at least 4 members (excludes halogenated alkanes) is 19. The molecule has 1 amide bonds. The zero-order valence-electron chi connectivity index (χ0n) is 33.7. The van der Waals surface area contributed by atoms with Gasteiger partial charge in [0.15, 0.2) is 6.29 Å². The summed E-state index contributed by atoms with van der Waals surface area (Å²) in [6.45, 7) is 1.57. The topological polar surface area (TPSA) is 149 Å². The molecule has 0 aromatic carbocycles. The summed E-state index contributed by atoms with van der Waals surface area (Å²) >= 11 is 0. The highest BCUT2D eigenvalue weighted by Crippen LogP contribution is 2.47. The van der Waals surface area contributed by atoms with Crippen molar-refractivity contribution in [3.63, 3.8) is 0 Å². The van der Waals surface area contributed by atoms with E-state index in [-0.39, 0.29) is 22.5 Å². The molecule has 2 aliphatic heterocycles. The molecule has 0 spiro atoms. The van der Waals surface area contributed by atoms with Crippen LogP contribution in [0.3, 0.4) is 0 Å². The van der Waals surface area contributed by atoms with Crippen LogP contribution in [0.15, 0.2) is 0 Å². The van der Waals surface area contributed by atoms with Crippen LogP contribution in [0.2, 0.25) is 0 Å². The molecule has 2 fully saturated rings. The van der Waals surface area contributed by atoms with Gasteiger partial charge in [-0.2, -0.15) is 0 Å². The van der Waals surface area contributed by atoms with Crippen LogP contribution < -0.4 is 5.32 Å². The van der Waals surface area contributed by atoms with Gasteiger partial charge in [0.2, 0.25) is 5.91 Å². The third-order valence-corrected chi connectivity index (χ3v) is 14.3. The fourth-order valence-corrected chi connectivity index (χ4v) is 9.94. The van der Waals surface area contributed by atoms with Crippen molar-refractivity contribution in [3.05, 3.63) is 0 Å². The predicted molar refractivity (Wildman–Crippen MR) is 216 cm³/mol. The van der Waals surface area contributed by atoms with Gasteiger partial charge in [0, 0.05) is 6.42 Å². The van der Waals surface area contributed by atoms with Crippen molar-refractivity contribution < 1.29 is 39.8 Å². The van der Waals surface area contributed by atoms with Gasteiger partial charge in [0.05, 0.1) is 25.4 Å². The van der Waals surface area contributed by atoms with Gasteiger partial charge < -0.3 is 40.3 Å². The van der Waals surface area contributed by atoms with Gasteiger partial charge >= 0.3 is 0 Å². The van der Waals surface area contributed by atoms with Crippen LogP contribution in [0.5, 0.6) is 0 Å². The third-order valence-electron chi connectivity index (χ3n) is 11.6. The van der Waals surface area contributed by atoms with Crippen LogP contribution in [-0.4, -0.2) is 112 Å². The Morgan fingerprint density at radius 2 is 1.23 bits per heavy atom.